The van der Waals surface area contributed by atoms with Crippen LogP contribution in [-0.2, 0) is 6.42 Å². The fourth-order valence-electron chi connectivity index (χ4n) is 2.89. The Morgan fingerprint density at radius 2 is 1.95 bits per heavy atom. The van der Waals surface area contributed by atoms with Crippen molar-refractivity contribution in [3.05, 3.63) is 64.7 Å². The molecule has 2 unspecified atom stereocenters. The van der Waals surface area contributed by atoms with Crippen molar-refractivity contribution < 1.29 is 0 Å². The van der Waals surface area contributed by atoms with E-state index in [9.17, 15) is 0 Å². The third kappa shape index (κ3) is 3.82. The quantitative estimate of drug-likeness (QED) is 0.842. The van der Waals surface area contributed by atoms with Gasteiger partial charge in [0.05, 0.1) is 0 Å². The van der Waals surface area contributed by atoms with Crippen molar-refractivity contribution in [3.8, 4) is 0 Å². The summed E-state index contributed by atoms with van der Waals surface area (Å²) in [7, 11) is 0. The molecule has 2 atom stereocenters. The monoisotopic (exact) mass is 317 g/mol. The topological polar surface area (TPSA) is 12.0 Å². The molecule has 0 radical (unpaired) electrons. The van der Waals surface area contributed by atoms with Gasteiger partial charge in [-0.1, -0.05) is 41.9 Å². The van der Waals surface area contributed by atoms with Gasteiger partial charge in [-0.3, -0.25) is 0 Å². The van der Waals surface area contributed by atoms with Crippen molar-refractivity contribution in [2.75, 3.05) is 5.75 Å². The normalized spacial score (nSPS) is 19.0. The Bertz CT molecular complexity index is 596. The van der Waals surface area contributed by atoms with Crippen molar-refractivity contribution in [3.63, 3.8) is 0 Å². The summed E-state index contributed by atoms with van der Waals surface area (Å²) in [4.78, 5) is 1.43. The van der Waals surface area contributed by atoms with E-state index in [0.29, 0.717) is 12.1 Å². The van der Waals surface area contributed by atoms with Crippen LogP contribution >= 0.6 is 23.4 Å². The first-order chi connectivity index (χ1) is 10.2. The van der Waals surface area contributed by atoms with Gasteiger partial charge in [0, 0.05) is 22.0 Å². The molecule has 1 aliphatic heterocycles. The summed E-state index contributed by atoms with van der Waals surface area (Å²) in [6.45, 7) is 2.26. The molecule has 0 saturated carbocycles. The molecule has 0 saturated heterocycles. The van der Waals surface area contributed by atoms with Crippen molar-refractivity contribution in [2.24, 2.45) is 0 Å². The zero-order valence-electron chi connectivity index (χ0n) is 12.2. The van der Waals surface area contributed by atoms with E-state index in [-0.39, 0.29) is 0 Å². The molecule has 2 aromatic carbocycles. The highest BCUT2D eigenvalue weighted by Crippen LogP contribution is 2.36. The number of thioether (sulfide) groups is 1. The van der Waals surface area contributed by atoms with Gasteiger partial charge in [0.15, 0.2) is 0 Å². The minimum absolute atomic E-state index is 0.451. The minimum atomic E-state index is 0.451. The molecule has 1 aliphatic rings. The van der Waals surface area contributed by atoms with Crippen LogP contribution in [0.1, 0.15) is 30.5 Å². The van der Waals surface area contributed by atoms with Gasteiger partial charge in [-0.25, -0.2) is 0 Å². The second kappa shape index (κ2) is 6.87. The Balaban J connectivity index is 1.65. The van der Waals surface area contributed by atoms with Crippen molar-refractivity contribution >= 4 is 23.4 Å². The summed E-state index contributed by atoms with van der Waals surface area (Å²) in [6, 6.07) is 17.9. The number of halogens is 1. The predicted octanol–water partition coefficient (Wildman–Crippen LogP) is 5.10. The van der Waals surface area contributed by atoms with E-state index >= 15 is 0 Å². The van der Waals surface area contributed by atoms with E-state index in [2.05, 4.69) is 48.6 Å². The van der Waals surface area contributed by atoms with Gasteiger partial charge in [0.25, 0.3) is 0 Å². The average Bonchev–Trinajstić information content (AvgIpc) is 2.50. The molecule has 1 nitrogen and oxygen atoms in total. The van der Waals surface area contributed by atoms with E-state index in [4.69, 9.17) is 11.6 Å². The van der Waals surface area contributed by atoms with Gasteiger partial charge in [0.1, 0.15) is 0 Å². The first-order valence-electron chi connectivity index (χ1n) is 7.44. The Morgan fingerprint density at radius 1 is 1.19 bits per heavy atom. The lowest BCUT2D eigenvalue weighted by Gasteiger charge is -2.29. The number of benzene rings is 2. The minimum Gasteiger partial charge on any atom is -0.307 e. The van der Waals surface area contributed by atoms with Crippen molar-refractivity contribution in [2.45, 2.75) is 36.7 Å². The summed E-state index contributed by atoms with van der Waals surface area (Å²) >= 11 is 7.91. The van der Waals surface area contributed by atoms with Gasteiger partial charge in [-0.15, -0.1) is 11.8 Å². The zero-order chi connectivity index (χ0) is 14.7. The second-order valence-electron chi connectivity index (χ2n) is 5.63. The molecule has 0 spiro atoms. The van der Waals surface area contributed by atoms with Gasteiger partial charge >= 0.3 is 0 Å². The average molecular weight is 318 g/mol. The highest BCUT2D eigenvalue weighted by Gasteiger charge is 2.21. The van der Waals surface area contributed by atoms with Gasteiger partial charge in [0.2, 0.25) is 0 Å². The van der Waals surface area contributed by atoms with E-state index in [1.807, 2.05) is 23.9 Å². The number of nitrogens with one attached hydrogen (secondary N) is 1. The molecule has 0 fully saturated rings. The molecule has 0 aromatic heterocycles. The molecule has 1 heterocycles. The van der Waals surface area contributed by atoms with Gasteiger partial charge in [-0.05, 0) is 54.8 Å². The molecule has 110 valence electrons. The maximum absolute atomic E-state index is 5.94. The third-order valence-electron chi connectivity index (χ3n) is 3.90. The van der Waals surface area contributed by atoms with E-state index in [1.165, 1.54) is 28.2 Å². The maximum Gasteiger partial charge on any atom is 0.0406 e. The van der Waals surface area contributed by atoms with Crippen LogP contribution in [0.3, 0.4) is 0 Å². The van der Waals surface area contributed by atoms with Crippen LogP contribution < -0.4 is 5.32 Å². The van der Waals surface area contributed by atoms with E-state index in [1.54, 1.807) is 0 Å². The fourth-order valence-corrected chi connectivity index (χ4v) is 4.14. The van der Waals surface area contributed by atoms with Crippen LogP contribution in [0.2, 0.25) is 5.02 Å². The lowest BCUT2D eigenvalue weighted by Crippen LogP contribution is -2.33. The Hall–Kier alpha value is -0.960. The second-order valence-corrected chi connectivity index (χ2v) is 7.20. The van der Waals surface area contributed by atoms with Crippen molar-refractivity contribution in [1.29, 1.82) is 0 Å². The molecule has 0 amide bonds. The van der Waals surface area contributed by atoms with Crippen LogP contribution in [-0.4, -0.2) is 11.8 Å². The number of fused-ring (bicyclic) bond motifs is 1. The molecule has 1 N–H and O–H groups in total. The summed E-state index contributed by atoms with van der Waals surface area (Å²) in [5.74, 6) is 1.20. The Morgan fingerprint density at radius 3 is 2.76 bits per heavy atom. The van der Waals surface area contributed by atoms with Gasteiger partial charge in [-0.2, -0.15) is 0 Å². The molecule has 2 aromatic rings. The fraction of sp³-hybridized carbons (Fsp3) is 0.333. The van der Waals surface area contributed by atoms with Crippen LogP contribution in [0.25, 0.3) is 0 Å². The lowest BCUT2D eigenvalue weighted by atomic mass is 10.0. The molecular weight excluding hydrogens is 298 g/mol. The van der Waals surface area contributed by atoms with Crippen LogP contribution in [0.4, 0.5) is 0 Å². The molecule has 3 rings (SSSR count). The molecule has 21 heavy (non-hydrogen) atoms. The molecular formula is C18H20ClNS. The summed E-state index contributed by atoms with van der Waals surface area (Å²) in [5, 5.41) is 4.60. The summed E-state index contributed by atoms with van der Waals surface area (Å²) in [6.07, 6.45) is 2.23. The molecule has 0 aliphatic carbocycles. The largest absolute Gasteiger partial charge is 0.307 e. The zero-order valence-corrected chi connectivity index (χ0v) is 13.8. The summed E-state index contributed by atoms with van der Waals surface area (Å²) in [5.41, 5.74) is 2.79. The van der Waals surface area contributed by atoms with E-state index < -0.39 is 0 Å². The first-order valence-corrected chi connectivity index (χ1v) is 8.81. The molecule has 3 heteroatoms. The molecule has 0 bridgehead atoms. The Kier molecular flexibility index (Phi) is 4.89. The number of hydrogen-bond acceptors (Lipinski definition) is 2. The van der Waals surface area contributed by atoms with Crippen LogP contribution in [0.5, 0.6) is 0 Å². The highest BCUT2D eigenvalue weighted by atomic mass is 35.5. The third-order valence-corrected chi connectivity index (χ3v) is 5.27. The smallest absolute Gasteiger partial charge is 0.0406 e. The number of rotatable bonds is 4. The lowest BCUT2D eigenvalue weighted by molar-refractivity contribution is 0.438. The highest BCUT2D eigenvalue weighted by molar-refractivity contribution is 7.99. The Labute approximate surface area is 136 Å². The van der Waals surface area contributed by atoms with Crippen molar-refractivity contribution in [1.82, 2.24) is 5.32 Å². The standard InChI is InChI=1S/C18H20ClNS/c1-13(12-14-6-8-15(19)9-7-14)20-17-10-11-21-18-5-3-2-4-16(17)18/h2-9,13,17,20H,10-12H2,1H3. The predicted molar refractivity (Wildman–Crippen MR) is 92.3 cm³/mol. The van der Waals surface area contributed by atoms with Gasteiger partial charge < -0.3 is 5.32 Å². The summed E-state index contributed by atoms with van der Waals surface area (Å²) < 4.78 is 0. The first kappa shape index (κ1) is 15.0. The SMILES string of the molecule is CC(Cc1ccc(Cl)cc1)NC1CCSc2ccccc21. The maximum atomic E-state index is 5.94. The number of hydrogen-bond donors (Lipinski definition) is 1. The van der Waals surface area contributed by atoms with Crippen LogP contribution in [0.15, 0.2) is 53.4 Å². The van der Waals surface area contributed by atoms with Crippen LogP contribution in [0, 0.1) is 0 Å². The van der Waals surface area contributed by atoms with E-state index in [0.717, 1.165) is 11.4 Å².